The van der Waals surface area contributed by atoms with Gasteiger partial charge in [0.05, 0.1) is 5.60 Å². The van der Waals surface area contributed by atoms with E-state index in [-0.39, 0.29) is 11.8 Å². The zero-order valence-corrected chi connectivity index (χ0v) is 10.3. The van der Waals surface area contributed by atoms with Crippen molar-refractivity contribution in [1.29, 1.82) is 0 Å². The standard InChI is InChI=1S/C13H23NO2/c1-3-13(16,4-2)8-14-12(15)11-6-9-5-10(9)7-11/h9-11,16H,3-8H2,1-2H3,(H,14,15). The third-order valence-corrected chi connectivity index (χ3v) is 4.52. The lowest BCUT2D eigenvalue weighted by Crippen LogP contribution is -2.43. The topological polar surface area (TPSA) is 49.3 Å². The van der Waals surface area contributed by atoms with Gasteiger partial charge in [0.2, 0.25) is 5.91 Å². The molecule has 0 aromatic rings. The summed E-state index contributed by atoms with van der Waals surface area (Å²) in [6.45, 7) is 4.32. The summed E-state index contributed by atoms with van der Waals surface area (Å²) in [5.41, 5.74) is -0.711. The van der Waals surface area contributed by atoms with E-state index in [1.807, 2.05) is 13.8 Å². The number of carbonyl (C=O) groups is 1. The molecule has 0 bridgehead atoms. The van der Waals surface area contributed by atoms with Gasteiger partial charge in [-0.2, -0.15) is 0 Å². The molecule has 0 aromatic carbocycles. The molecule has 3 heteroatoms. The third kappa shape index (κ3) is 2.40. The van der Waals surface area contributed by atoms with Crippen LogP contribution in [0.2, 0.25) is 0 Å². The molecule has 2 N–H and O–H groups in total. The molecule has 0 aliphatic heterocycles. The second kappa shape index (κ2) is 4.36. The number of hydrogen-bond acceptors (Lipinski definition) is 2. The molecule has 0 spiro atoms. The fraction of sp³-hybridized carbons (Fsp3) is 0.923. The Morgan fingerprint density at radius 1 is 1.25 bits per heavy atom. The number of fused-ring (bicyclic) bond motifs is 1. The van der Waals surface area contributed by atoms with Crippen molar-refractivity contribution in [3.05, 3.63) is 0 Å². The summed E-state index contributed by atoms with van der Waals surface area (Å²) in [5.74, 6) is 2.06. The van der Waals surface area contributed by atoms with E-state index >= 15 is 0 Å². The molecule has 0 saturated heterocycles. The molecule has 2 unspecified atom stereocenters. The summed E-state index contributed by atoms with van der Waals surface area (Å²) in [7, 11) is 0. The maximum Gasteiger partial charge on any atom is 0.223 e. The first-order valence-electron chi connectivity index (χ1n) is 6.58. The third-order valence-electron chi connectivity index (χ3n) is 4.52. The molecule has 0 heterocycles. The van der Waals surface area contributed by atoms with Crippen molar-refractivity contribution in [3.63, 3.8) is 0 Å². The van der Waals surface area contributed by atoms with Crippen molar-refractivity contribution in [3.8, 4) is 0 Å². The molecule has 2 aliphatic rings. The highest BCUT2D eigenvalue weighted by Crippen LogP contribution is 2.54. The van der Waals surface area contributed by atoms with Crippen LogP contribution in [0.1, 0.15) is 46.0 Å². The van der Waals surface area contributed by atoms with Crippen molar-refractivity contribution < 1.29 is 9.90 Å². The molecule has 16 heavy (non-hydrogen) atoms. The van der Waals surface area contributed by atoms with Crippen LogP contribution in [0.25, 0.3) is 0 Å². The Hall–Kier alpha value is -0.570. The first-order chi connectivity index (χ1) is 7.58. The normalized spacial score (nSPS) is 32.3. The van der Waals surface area contributed by atoms with Gasteiger partial charge in [0.25, 0.3) is 0 Å². The van der Waals surface area contributed by atoms with Crippen LogP contribution in [-0.2, 0) is 4.79 Å². The van der Waals surface area contributed by atoms with Crippen LogP contribution in [0.15, 0.2) is 0 Å². The van der Waals surface area contributed by atoms with Crippen molar-refractivity contribution in [2.75, 3.05) is 6.54 Å². The highest BCUT2D eigenvalue weighted by atomic mass is 16.3. The average molecular weight is 225 g/mol. The van der Waals surface area contributed by atoms with E-state index in [2.05, 4.69) is 5.32 Å². The monoisotopic (exact) mass is 225 g/mol. The molecule has 2 saturated carbocycles. The predicted molar refractivity (Wildman–Crippen MR) is 62.9 cm³/mol. The van der Waals surface area contributed by atoms with Crippen LogP contribution in [-0.4, -0.2) is 23.2 Å². The van der Waals surface area contributed by atoms with Gasteiger partial charge in [0.1, 0.15) is 0 Å². The van der Waals surface area contributed by atoms with Crippen LogP contribution in [0, 0.1) is 17.8 Å². The Morgan fingerprint density at radius 3 is 2.31 bits per heavy atom. The lowest BCUT2D eigenvalue weighted by Gasteiger charge is -2.26. The molecule has 2 fully saturated rings. The molecule has 1 amide bonds. The fourth-order valence-corrected chi connectivity index (χ4v) is 2.82. The number of nitrogens with one attached hydrogen (secondary N) is 1. The van der Waals surface area contributed by atoms with E-state index in [9.17, 15) is 9.90 Å². The Labute approximate surface area is 97.6 Å². The Kier molecular flexibility index (Phi) is 3.24. The minimum Gasteiger partial charge on any atom is -0.388 e. The van der Waals surface area contributed by atoms with Crippen LogP contribution >= 0.6 is 0 Å². The average Bonchev–Trinajstić information content (AvgIpc) is 2.92. The summed E-state index contributed by atoms with van der Waals surface area (Å²) < 4.78 is 0. The summed E-state index contributed by atoms with van der Waals surface area (Å²) in [4.78, 5) is 11.9. The fourth-order valence-electron chi connectivity index (χ4n) is 2.82. The smallest absolute Gasteiger partial charge is 0.223 e. The molecule has 2 rings (SSSR count). The first-order valence-corrected chi connectivity index (χ1v) is 6.58. The molecule has 0 radical (unpaired) electrons. The van der Waals surface area contributed by atoms with Crippen LogP contribution in [0.3, 0.4) is 0 Å². The summed E-state index contributed by atoms with van der Waals surface area (Å²) >= 11 is 0. The van der Waals surface area contributed by atoms with Crippen molar-refractivity contribution >= 4 is 5.91 Å². The minimum absolute atomic E-state index is 0.160. The molecular weight excluding hydrogens is 202 g/mol. The van der Waals surface area contributed by atoms with Gasteiger partial charge in [-0.05, 0) is 43.9 Å². The molecular formula is C13H23NO2. The van der Waals surface area contributed by atoms with E-state index < -0.39 is 5.60 Å². The highest BCUT2D eigenvalue weighted by molar-refractivity contribution is 5.79. The van der Waals surface area contributed by atoms with Crippen molar-refractivity contribution in [1.82, 2.24) is 5.32 Å². The van der Waals surface area contributed by atoms with Gasteiger partial charge < -0.3 is 10.4 Å². The van der Waals surface area contributed by atoms with Gasteiger partial charge >= 0.3 is 0 Å². The summed E-state index contributed by atoms with van der Waals surface area (Å²) in [6.07, 6.45) is 4.89. The van der Waals surface area contributed by atoms with Gasteiger partial charge in [-0.15, -0.1) is 0 Å². The highest BCUT2D eigenvalue weighted by Gasteiger charge is 2.48. The quantitative estimate of drug-likeness (QED) is 0.748. The van der Waals surface area contributed by atoms with Crippen LogP contribution in [0.5, 0.6) is 0 Å². The predicted octanol–water partition coefficient (Wildman–Crippen LogP) is 1.70. The van der Waals surface area contributed by atoms with Gasteiger partial charge in [0, 0.05) is 12.5 Å². The molecule has 92 valence electrons. The number of amides is 1. The molecule has 3 nitrogen and oxygen atoms in total. The summed E-state index contributed by atoms with van der Waals surface area (Å²) in [5, 5.41) is 13.0. The number of rotatable bonds is 5. The SMILES string of the molecule is CCC(O)(CC)CNC(=O)C1CC2CC2C1. The Morgan fingerprint density at radius 2 is 1.81 bits per heavy atom. The minimum atomic E-state index is -0.711. The van der Waals surface area contributed by atoms with E-state index in [0.29, 0.717) is 19.4 Å². The van der Waals surface area contributed by atoms with Crippen molar-refractivity contribution in [2.24, 2.45) is 17.8 Å². The number of carbonyl (C=O) groups excluding carboxylic acids is 1. The molecule has 0 aromatic heterocycles. The maximum absolute atomic E-state index is 11.9. The Balaban J connectivity index is 1.75. The second-order valence-electron chi connectivity index (χ2n) is 5.57. The van der Waals surface area contributed by atoms with Crippen LogP contribution < -0.4 is 5.32 Å². The van der Waals surface area contributed by atoms with Gasteiger partial charge in [-0.25, -0.2) is 0 Å². The zero-order chi connectivity index (χ0) is 11.8. The number of aliphatic hydroxyl groups is 1. The lowest BCUT2D eigenvalue weighted by molar-refractivity contribution is -0.126. The Bertz CT molecular complexity index is 263. The zero-order valence-electron chi connectivity index (χ0n) is 10.3. The molecule has 2 atom stereocenters. The summed E-state index contributed by atoms with van der Waals surface area (Å²) in [6, 6.07) is 0. The lowest BCUT2D eigenvalue weighted by atomic mass is 9.96. The van der Waals surface area contributed by atoms with E-state index in [1.54, 1.807) is 0 Å². The van der Waals surface area contributed by atoms with Crippen molar-refractivity contribution in [2.45, 2.75) is 51.6 Å². The van der Waals surface area contributed by atoms with E-state index in [1.165, 1.54) is 6.42 Å². The van der Waals surface area contributed by atoms with Crippen LogP contribution in [0.4, 0.5) is 0 Å². The maximum atomic E-state index is 11.9. The van der Waals surface area contributed by atoms with E-state index in [0.717, 1.165) is 24.7 Å². The first kappa shape index (κ1) is 11.9. The molecule has 2 aliphatic carbocycles. The van der Waals surface area contributed by atoms with Gasteiger partial charge in [-0.1, -0.05) is 13.8 Å². The second-order valence-corrected chi connectivity index (χ2v) is 5.57. The number of hydrogen-bond donors (Lipinski definition) is 2. The van der Waals surface area contributed by atoms with E-state index in [4.69, 9.17) is 0 Å². The van der Waals surface area contributed by atoms with Gasteiger partial charge in [0.15, 0.2) is 0 Å². The van der Waals surface area contributed by atoms with Gasteiger partial charge in [-0.3, -0.25) is 4.79 Å². The largest absolute Gasteiger partial charge is 0.388 e.